The summed E-state index contributed by atoms with van der Waals surface area (Å²) in [6.07, 6.45) is 1.05. The molecule has 1 N–H and O–H groups in total. The second-order valence-corrected chi connectivity index (χ2v) is 5.86. The van der Waals surface area contributed by atoms with Crippen molar-refractivity contribution in [2.45, 2.75) is 45.8 Å². The standard InChI is InChI=1S/C15H24ClNO2/c1-11(2)19-14-7-6-12(10-13(14)16)17-9-8-15(3,4)18-5/h6-7,10-11,17H,8-9H2,1-5H3. The van der Waals surface area contributed by atoms with E-state index in [2.05, 4.69) is 19.2 Å². The monoisotopic (exact) mass is 285 g/mol. The number of anilines is 1. The fourth-order valence-corrected chi connectivity index (χ4v) is 1.80. The van der Waals surface area contributed by atoms with Crippen LogP contribution in [0.1, 0.15) is 34.1 Å². The Bertz CT molecular complexity index is 405. The summed E-state index contributed by atoms with van der Waals surface area (Å²) >= 11 is 6.18. The zero-order valence-corrected chi connectivity index (χ0v) is 13.2. The number of rotatable bonds is 7. The molecule has 1 aromatic carbocycles. The van der Waals surface area contributed by atoms with Gasteiger partial charge in [-0.25, -0.2) is 0 Å². The fourth-order valence-electron chi connectivity index (χ4n) is 1.57. The van der Waals surface area contributed by atoms with Crippen LogP contribution in [-0.4, -0.2) is 25.4 Å². The Morgan fingerprint density at radius 1 is 1.32 bits per heavy atom. The van der Waals surface area contributed by atoms with Crippen LogP contribution >= 0.6 is 11.6 Å². The van der Waals surface area contributed by atoms with Crippen molar-refractivity contribution < 1.29 is 9.47 Å². The Balaban J connectivity index is 2.54. The van der Waals surface area contributed by atoms with Crippen molar-refractivity contribution in [2.75, 3.05) is 19.0 Å². The predicted octanol–water partition coefficient (Wildman–Crippen LogP) is 4.35. The second-order valence-electron chi connectivity index (χ2n) is 5.45. The molecule has 0 spiro atoms. The Morgan fingerprint density at radius 2 is 2.00 bits per heavy atom. The first-order valence-corrected chi connectivity index (χ1v) is 6.97. The van der Waals surface area contributed by atoms with Crippen molar-refractivity contribution in [3.63, 3.8) is 0 Å². The molecule has 4 heteroatoms. The van der Waals surface area contributed by atoms with Crippen LogP contribution in [0.2, 0.25) is 5.02 Å². The van der Waals surface area contributed by atoms with Crippen LogP contribution in [0, 0.1) is 0 Å². The van der Waals surface area contributed by atoms with Crippen LogP contribution < -0.4 is 10.1 Å². The van der Waals surface area contributed by atoms with Crippen molar-refractivity contribution in [3.8, 4) is 5.75 Å². The van der Waals surface area contributed by atoms with Gasteiger partial charge < -0.3 is 14.8 Å². The van der Waals surface area contributed by atoms with Gasteiger partial charge in [-0.1, -0.05) is 11.6 Å². The summed E-state index contributed by atoms with van der Waals surface area (Å²) in [5, 5.41) is 3.97. The number of benzene rings is 1. The molecule has 0 aliphatic rings. The van der Waals surface area contributed by atoms with Gasteiger partial charge in [0.05, 0.1) is 16.7 Å². The third-order valence-corrected chi connectivity index (χ3v) is 3.20. The average Bonchev–Trinajstić information content (AvgIpc) is 2.32. The lowest BCUT2D eigenvalue weighted by molar-refractivity contribution is 0.0185. The van der Waals surface area contributed by atoms with Crippen molar-refractivity contribution in [1.82, 2.24) is 0 Å². The highest BCUT2D eigenvalue weighted by Crippen LogP contribution is 2.28. The summed E-state index contributed by atoms with van der Waals surface area (Å²) in [6.45, 7) is 8.94. The summed E-state index contributed by atoms with van der Waals surface area (Å²) in [4.78, 5) is 0. The molecule has 1 aromatic rings. The van der Waals surface area contributed by atoms with E-state index in [9.17, 15) is 0 Å². The van der Waals surface area contributed by atoms with Crippen molar-refractivity contribution >= 4 is 17.3 Å². The molecular weight excluding hydrogens is 262 g/mol. The zero-order chi connectivity index (χ0) is 14.5. The van der Waals surface area contributed by atoms with Crippen LogP contribution in [0.4, 0.5) is 5.69 Å². The van der Waals surface area contributed by atoms with E-state index in [-0.39, 0.29) is 11.7 Å². The maximum atomic E-state index is 6.18. The quantitative estimate of drug-likeness (QED) is 0.808. The van der Waals surface area contributed by atoms with Gasteiger partial charge in [-0.15, -0.1) is 0 Å². The molecule has 0 aromatic heterocycles. The summed E-state index contributed by atoms with van der Waals surface area (Å²) < 4.78 is 11.0. The van der Waals surface area contributed by atoms with Crippen molar-refractivity contribution in [2.24, 2.45) is 0 Å². The molecule has 0 unspecified atom stereocenters. The van der Waals surface area contributed by atoms with Gasteiger partial charge in [-0.3, -0.25) is 0 Å². The van der Waals surface area contributed by atoms with E-state index in [1.54, 1.807) is 7.11 Å². The second kappa shape index (κ2) is 7.01. The molecule has 0 aliphatic carbocycles. The molecular formula is C15H24ClNO2. The Hall–Kier alpha value is -0.930. The maximum Gasteiger partial charge on any atom is 0.138 e. The zero-order valence-electron chi connectivity index (χ0n) is 12.4. The lowest BCUT2D eigenvalue weighted by atomic mass is 10.1. The van der Waals surface area contributed by atoms with E-state index < -0.39 is 0 Å². The minimum absolute atomic E-state index is 0.114. The Morgan fingerprint density at radius 3 is 2.53 bits per heavy atom. The lowest BCUT2D eigenvalue weighted by Gasteiger charge is -2.23. The third kappa shape index (κ3) is 5.70. The van der Waals surface area contributed by atoms with Gasteiger partial charge in [0.1, 0.15) is 5.75 Å². The highest BCUT2D eigenvalue weighted by Gasteiger charge is 2.15. The van der Waals surface area contributed by atoms with Crippen LogP contribution in [0.25, 0.3) is 0 Å². The number of ether oxygens (including phenoxy) is 2. The van der Waals surface area contributed by atoms with Crippen LogP contribution in [-0.2, 0) is 4.74 Å². The normalized spacial score (nSPS) is 11.7. The molecule has 0 bridgehead atoms. The van der Waals surface area contributed by atoms with Gasteiger partial charge in [0, 0.05) is 19.3 Å². The first-order chi connectivity index (χ1) is 8.84. The maximum absolute atomic E-state index is 6.18. The van der Waals surface area contributed by atoms with Crippen LogP contribution in [0.5, 0.6) is 5.75 Å². The Labute approximate surface area is 121 Å². The molecule has 0 amide bonds. The van der Waals surface area contributed by atoms with Gasteiger partial charge in [0.2, 0.25) is 0 Å². The van der Waals surface area contributed by atoms with E-state index in [4.69, 9.17) is 21.1 Å². The van der Waals surface area contributed by atoms with E-state index in [0.29, 0.717) is 5.02 Å². The van der Waals surface area contributed by atoms with Gasteiger partial charge in [-0.05, 0) is 52.3 Å². The average molecular weight is 286 g/mol. The molecule has 0 heterocycles. The first-order valence-electron chi connectivity index (χ1n) is 6.59. The summed E-state index contributed by atoms with van der Waals surface area (Å²) in [5.41, 5.74) is 0.880. The molecule has 0 aliphatic heterocycles. The molecule has 0 radical (unpaired) electrons. The lowest BCUT2D eigenvalue weighted by Crippen LogP contribution is -2.25. The first kappa shape index (κ1) is 16.1. The summed E-state index contributed by atoms with van der Waals surface area (Å²) in [6, 6.07) is 5.76. The smallest absolute Gasteiger partial charge is 0.138 e. The predicted molar refractivity (Wildman–Crippen MR) is 81.4 cm³/mol. The molecule has 0 atom stereocenters. The molecule has 0 saturated carbocycles. The van der Waals surface area contributed by atoms with Crippen LogP contribution in [0.15, 0.2) is 18.2 Å². The summed E-state index contributed by atoms with van der Waals surface area (Å²) in [5.74, 6) is 0.722. The van der Waals surface area contributed by atoms with Crippen molar-refractivity contribution in [3.05, 3.63) is 23.2 Å². The van der Waals surface area contributed by atoms with Crippen LogP contribution in [0.3, 0.4) is 0 Å². The highest BCUT2D eigenvalue weighted by atomic mass is 35.5. The largest absolute Gasteiger partial charge is 0.489 e. The summed E-state index contributed by atoms with van der Waals surface area (Å²) in [7, 11) is 1.73. The Kier molecular flexibility index (Phi) is 5.95. The van der Waals surface area contributed by atoms with Gasteiger partial charge in [0.25, 0.3) is 0 Å². The number of methoxy groups -OCH3 is 1. The fraction of sp³-hybridized carbons (Fsp3) is 0.600. The highest BCUT2D eigenvalue weighted by molar-refractivity contribution is 6.32. The molecule has 108 valence electrons. The number of hydrogen-bond acceptors (Lipinski definition) is 3. The number of halogens is 1. The van der Waals surface area contributed by atoms with E-state index in [1.807, 2.05) is 32.0 Å². The molecule has 1 rings (SSSR count). The molecule has 3 nitrogen and oxygen atoms in total. The third-order valence-electron chi connectivity index (χ3n) is 2.90. The minimum Gasteiger partial charge on any atom is -0.489 e. The topological polar surface area (TPSA) is 30.5 Å². The number of hydrogen-bond donors (Lipinski definition) is 1. The number of nitrogens with one attached hydrogen (secondary N) is 1. The van der Waals surface area contributed by atoms with Gasteiger partial charge in [0.15, 0.2) is 0 Å². The molecule has 0 fully saturated rings. The van der Waals surface area contributed by atoms with Gasteiger partial charge >= 0.3 is 0 Å². The van der Waals surface area contributed by atoms with E-state index in [1.165, 1.54) is 0 Å². The van der Waals surface area contributed by atoms with E-state index in [0.717, 1.165) is 24.4 Å². The van der Waals surface area contributed by atoms with E-state index >= 15 is 0 Å². The van der Waals surface area contributed by atoms with Crippen molar-refractivity contribution in [1.29, 1.82) is 0 Å². The van der Waals surface area contributed by atoms with Gasteiger partial charge in [-0.2, -0.15) is 0 Å². The SMILES string of the molecule is COC(C)(C)CCNc1ccc(OC(C)C)c(Cl)c1. The molecule has 19 heavy (non-hydrogen) atoms. The minimum atomic E-state index is -0.114. The molecule has 0 saturated heterocycles.